The summed E-state index contributed by atoms with van der Waals surface area (Å²) in [6, 6.07) is 101. The van der Waals surface area contributed by atoms with Gasteiger partial charge < -0.3 is 10.0 Å². The van der Waals surface area contributed by atoms with Gasteiger partial charge in [-0.25, -0.2) is 19.9 Å². The van der Waals surface area contributed by atoms with Crippen molar-refractivity contribution >= 4 is 88.8 Å². The fraction of sp³-hybridized carbons (Fsp3) is 0.0698. The van der Waals surface area contributed by atoms with Gasteiger partial charge in [0.25, 0.3) is 0 Å². The molecule has 0 unspecified atom stereocenters. The Bertz CT molecular complexity index is 5590. The van der Waals surface area contributed by atoms with Crippen molar-refractivity contribution < 1.29 is 10.0 Å². The molecule has 2 aromatic heterocycles. The van der Waals surface area contributed by atoms with Crippen LogP contribution in [0, 0.1) is 0 Å². The first-order chi connectivity index (χ1) is 45.9. The first-order valence-electron chi connectivity index (χ1n) is 31.9. The van der Waals surface area contributed by atoms with Gasteiger partial charge in [-0.05, 0) is 117 Å². The van der Waals surface area contributed by atoms with Crippen LogP contribution in [0.1, 0.15) is 49.9 Å². The lowest BCUT2D eigenvalue weighted by Gasteiger charge is -2.24. The van der Waals surface area contributed by atoms with Crippen LogP contribution in [-0.4, -0.2) is 37.1 Å². The third kappa shape index (κ3) is 9.91. The van der Waals surface area contributed by atoms with Crippen LogP contribution in [0.4, 0.5) is 0 Å². The smallest absolute Gasteiger partial charge is 0.423 e. The Morgan fingerprint density at radius 3 is 1.00 bits per heavy atom. The summed E-state index contributed by atoms with van der Waals surface area (Å²) in [7, 11) is -1.44. The van der Waals surface area contributed by atoms with Crippen LogP contribution >= 0.6 is 11.6 Å². The Balaban J connectivity index is 0.000000122. The van der Waals surface area contributed by atoms with E-state index in [-0.39, 0.29) is 10.8 Å². The summed E-state index contributed by atoms with van der Waals surface area (Å²) in [5.74, 6) is 1.51. The van der Waals surface area contributed by atoms with Gasteiger partial charge in [-0.15, -0.1) is 0 Å². The molecule has 2 aliphatic rings. The van der Waals surface area contributed by atoms with Crippen LogP contribution in [-0.2, 0) is 10.8 Å². The molecule has 94 heavy (non-hydrogen) atoms. The maximum Gasteiger partial charge on any atom is 0.488 e. The predicted octanol–water partition coefficient (Wildman–Crippen LogP) is 20.8. The van der Waals surface area contributed by atoms with Crippen molar-refractivity contribution in [2.45, 2.75) is 38.5 Å². The van der Waals surface area contributed by atoms with E-state index in [1.165, 1.54) is 81.9 Å². The molecule has 8 heteroatoms. The van der Waals surface area contributed by atoms with E-state index in [1.807, 2.05) is 84.9 Å². The highest BCUT2D eigenvalue weighted by Gasteiger charge is 2.42. The zero-order valence-electron chi connectivity index (χ0n) is 52.4. The first kappa shape index (κ1) is 58.2. The molecule has 2 N–H and O–H groups in total. The minimum absolute atomic E-state index is 0.226. The van der Waals surface area contributed by atoms with Gasteiger partial charge in [0.15, 0.2) is 11.6 Å². The molecule has 2 aliphatic carbocycles. The third-order valence-electron chi connectivity index (χ3n) is 19.2. The summed E-state index contributed by atoms with van der Waals surface area (Å²) >= 11 is 6.34. The minimum Gasteiger partial charge on any atom is -0.423 e. The minimum atomic E-state index is -1.44. The number of hydrogen-bond acceptors (Lipinski definition) is 6. The molecule has 14 aromatic carbocycles. The molecule has 6 nitrogen and oxygen atoms in total. The zero-order chi connectivity index (χ0) is 63.8. The summed E-state index contributed by atoms with van der Waals surface area (Å²) in [6.07, 6.45) is 0. The lowest BCUT2D eigenvalue weighted by Crippen LogP contribution is -2.29. The molecular formula is C86H62BClN4O2. The first-order valence-corrected chi connectivity index (χ1v) is 32.3. The molecular weight excluding hydrogens is 1170 g/mol. The van der Waals surface area contributed by atoms with E-state index in [1.54, 1.807) is 6.07 Å². The van der Waals surface area contributed by atoms with E-state index in [4.69, 9.17) is 31.5 Å². The topological polar surface area (TPSA) is 92.0 Å². The van der Waals surface area contributed by atoms with Crippen molar-refractivity contribution in [2.75, 3.05) is 0 Å². The SMILES string of the molecule is CC1(C)c2cc(-c3ccc4c5ccccc5c5ccccc5c4c3)ccc2-c2nc(-c3ccccc3)nc(-c3ccccc3)c21.CC1(C)c2cc(Cl)ccc2-c2nc(-c3ccccc3)nc(-c3ccccc3)c21.OB(O)c1ccc2c3ccccc3c3ccccc3c2c1. The number of rotatable bonds is 6. The second kappa shape index (κ2) is 23.3. The van der Waals surface area contributed by atoms with Crippen molar-refractivity contribution in [1.82, 2.24) is 19.9 Å². The molecule has 18 rings (SSSR count). The molecule has 0 saturated heterocycles. The Hall–Kier alpha value is -10.9. The largest absolute Gasteiger partial charge is 0.488 e. The molecule has 0 aliphatic heterocycles. The zero-order valence-corrected chi connectivity index (χ0v) is 53.1. The van der Waals surface area contributed by atoms with Crippen LogP contribution in [0.15, 0.2) is 291 Å². The van der Waals surface area contributed by atoms with Gasteiger partial charge in [-0.3, -0.25) is 0 Å². The number of hydrogen-bond donors (Lipinski definition) is 2. The summed E-state index contributed by atoms with van der Waals surface area (Å²) in [5.41, 5.74) is 17.9. The summed E-state index contributed by atoms with van der Waals surface area (Å²) < 4.78 is 0. The normalized spacial score (nSPS) is 13.0. The summed E-state index contributed by atoms with van der Waals surface area (Å²) in [5, 5.41) is 34.3. The molecule has 0 fully saturated rings. The van der Waals surface area contributed by atoms with Crippen LogP contribution in [0.5, 0.6) is 0 Å². The molecule has 0 amide bonds. The Kier molecular flexibility index (Phi) is 14.4. The van der Waals surface area contributed by atoms with Crippen LogP contribution in [0.25, 0.3) is 144 Å². The molecule has 0 radical (unpaired) electrons. The summed E-state index contributed by atoms with van der Waals surface area (Å²) in [4.78, 5) is 20.5. The second-order valence-corrected chi connectivity index (χ2v) is 26.0. The van der Waals surface area contributed by atoms with E-state index in [0.717, 1.165) is 89.0 Å². The number of nitrogens with zero attached hydrogens (tertiary/aromatic N) is 4. The fourth-order valence-corrected chi connectivity index (χ4v) is 14.8. The van der Waals surface area contributed by atoms with Crippen LogP contribution in [0.3, 0.4) is 0 Å². The number of fused-ring (bicyclic) bond motifs is 18. The molecule has 0 spiro atoms. The molecule has 0 saturated carbocycles. The Labute approximate surface area is 551 Å². The van der Waals surface area contributed by atoms with Gasteiger partial charge in [-0.2, -0.15) is 0 Å². The molecule has 448 valence electrons. The lowest BCUT2D eigenvalue weighted by molar-refractivity contribution is 0.426. The predicted molar refractivity (Wildman–Crippen MR) is 393 cm³/mol. The average Bonchev–Trinajstić information content (AvgIpc) is 1.54. The van der Waals surface area contributed by atoms with Crippen molar-refractivity contribution in [3.63, 3.8) is 0 Å². The maximum absolute atomic E-state index is 9.42. The number of benzene rings is 14. The highest BCUT2D eigenvalue weighted by molar-refractivity contribution is 6.59. The van der Waals surface area contributed by atoms with Gasteiger partial charge in [0.2, 0.25) is 0 Å². The number of aromatic nitrogens is 4. The van der Waals surface area contributed by atoms with Crippen molar-refractivity contribution in [1.29, 1.82) is 0 Å². The van der Waals surface area contributed by atoms with E-state index in [0.29, 0.717) is 5.46 Å². The highest BCUT2D eigenvalue weighted by atomic mass is 35.5. The molecule has 2 heterocycles. The maximum atomic E-state index is 9.42. The quantitative estimate of drug-likeness (QED) is 0.127. The highest BCUT2D eigenvalue weighted by Crippen LogP contribution is 2.54. The monoisotopic (exact) mass is 1230 g/mol. The van der Waals surface area contributed by atoms with Gasteiger partial charge in [-0.1, -0.05) is 306 Å². The van der Waals surface area contributed by atoms with Crippen LogP contribution < -0.4 is 5.46 Å². The van der Waals surface area contributed by atoms with Gasteiger partial charge in [0.1, 0.15) is 0 Å². The third-order valence-corrected chi connectivity index (χ3v) is 19.5. The van der Waals surface area contributed by atoms with Crippen molar-refractivity contribution in [3.05, 3.63) is 318 Å². The average molecular weight is 1230 g/mol. The van der Waals surface area contributed by atoms with Gasteiger partial charge in [0.05, 0.1) is 22.8 Å². The van der Waals surface area contributed by atoms with E-state index in [2.05, 4.69) is 228 Å². The van der Waals surface area contributed by atoms with Gasteiger partial charge in [0, 0.05) is 60.4 Å². The van der Waals surface area contributed by atoms with Crippen molar-refractivity contribution in [2.24, 2.45) is 0 Å². The number of halogens is 1. The molecule has 0 atom stereocenters. The van der Waals surface area contributed by atoms with E-state index < -0.39 is 7.12 Å². The Morgan fingerprint density at radius 2 is 0.585 bits per heavy atom. The summed E-state index contributed by atoms with van der Waals surface area (Å²) in [6.45, 7) is 9.09. The van der Waals surface area contributed by atoms with E-state index >= 15 is 0 Å². The van der Waals surface area contributed by atoms with Gasteiger partial charge >= 0.3 is 7.12 Å². The van der Waals surface area contributed by atoms with E-state index in [9.17, 15) is 10.0 Å². The second-order valence-electron chi connectivity index (χ2n) is 25.5. The lowest BCUT2D eigenvalue weighted by atomic mass is 9.78. The fourth-order valence-electron chi connectivity index (χ4n) is 14.7. The van der Waals surface area contributed by atoms with Crippen LogP contribution in [0.2, 0.25) is 5.02 Å². The standard InChI is InChI=1S/C43H30N2.C25H19ClN2.C18H13BO2/c1-43(2)38-26-30(29-21-23-35-33-19-10-9-17-31(33)32-18-11-12-20-34(32)37(35)25-29)22-24-36(38)41-39(43)40(27-13-5-3-6-14-27)44-42(45-41)28-15-7-4-8-16-28;1-25(2)20-15-18(26)13-14-19(20)23-21(25)22(16-9-5-3-6-10-16)27-24(28-23)17-11-7-4-8-12-17;20-19(21)12-9-10-17-15-7-2-1-5-13(15)14-6-3-4-8-16(14)18(17)11-12/h3-26H,1-2H3;3-15H,1-2H3;1-11,20-21H. The molecule has 16 aromatic rings. The Morgan fingerprint density at radius 1 is 0.277 bits per heavy atom. The molecule has 0 bridgehead atoms. The van der Waals surface area contributed by atoms with Crippen molar-refractivity contribution in [3.8, 4) is 78.9 Å².